The lowest BCUT2D eigenvalue weighted by atomic mass is 9.80. The van der Waals surface area contributed by atoms with E-state index in [0.717, 1.165) is 55.6 Å². The molecule has 0 aliphatic heterocycles. The Morgan fingerprint density at radius 3 is 1.22 bits per heavy atom. The van der Waals surface area contributed by atoms with Crippen LogP contribution >= 0.6 is 0 Å². The molecule has 0 aromatic heterocycles. The first-order valence-electron chi connectivity index (χ1n) is 20.8. The molecule has 1 unspecified atom stereocenters. The highest BCUT2D eigenvalue weighted by atomic mass is 16.6. The summed E-state index contributed by atoms with van der Waals surface area (Å²) in [4.78, 5) is 0. The van der Waals surface area contributed by atoms with Crippen LogP contribution in [0, 0.1) is 0 Å². The first-order chi connectivity index (χ1) is 27.3. The Balaban J connectivity index is 1.26. The van der Waals surface area contributed by atoms with Crippen LogP contribution in [0.25, 0.3) is 0 Å². The molecule has 55 heavy (non-hydrogen) atoms. The van der Waals surface area contributed by atoms with Crippen LogP contribution in [0.4, 0.5) is 0 Å². The van der Waals surface area contributed by atoms with E-state index in [-0.39, 0.29) is 6.10 Å². The van der Waals surface area contributed by atoms with Crippen LogP contribution in [0.15, 0.2) is 116 Å². The zero-order valence-corrected chi connectivity index (χ0v) is 33.6. The third kappa shape index (κ3) is 20.0. The molecule has 3 rings (SSSR count). The predicted octanol–water partition coefficient (Wildman–Crippen LogP) is 10.5. The third-order valence-corrected chi connectivity index (χ3v) is 9.41. The molecule has 0 bridgehead atoms. The molecule has 304 valence electrons. The normalized spacial score (nSPS) is 12.1. The van der Waals surface area contributed by atoms with Crippen LogP contribution in [0.1, 0.15) is 93.7 Å². The zero-order valence-electron chi connectivity index (χ0n) is 33.6. The smallest absolute Gasteiger partial charge is 0.143 e. The Hall–Kier alpha value is -3.14. The molecule has 0 fully saturated rings. The van der Waals surface area contributed by atoms with Gasteiger partial charge in [0.1, 0.15) is 11.7 Å². The Morgan fingerprint density at radius 1 is 0.400 bits per heavy atom. The number of allylic oxidation sites excluding steroid dienone is 2. The topological polar surface area (TPSA) is 64.6 Å². The van der Waals surface area contributed by atoms with E-state index in [1.165, 1.54) is 51.4 Å². The van der Waals surface area contributed by atoms with Gasteiger partial charge in [-0.05, 0) is 55.2 Å². The minimum absolute atomic E-state index is 0.0616. The molecule has 0 spiro atoms. The second-order valence-corrected chi connectivity index (χ2v) is 13.8. The average Bonchev–Trinajstić information content (AvgIpc) is 3.23. The van der Waals surface area contributed by atoms with E-state index in [4.69, 9.17) is 33.2 Å². The number of unbranched alkanes of at least 4 members (excludes halogenated alkanes) is 10. The van der Waals surface area contributed by atoms with E-state index >= 15 is 0 Å². The van der Waals surface area contributed by atoms with Gasteiger partial charge in [0.2, 0.25) is 0 Å². The first-order valence-corrected chi connectivity index (χ1v) is 20.8. The third-order valence-electron chi connectivity index (χ3n) is 9.41. The lowest BCUT2D eigenvalue weighted by Gasteiger charge is -2.36. The monoisotopic (exact) mass is 759 g/mol. The van der Waals surface area contributed by atoms with Crippen LogP contribution in [0.3, 0.4) is 0 Å². The summed E-state index contributed by atoms with van der Waals surface area (Å²) < 4.78 is 42.2. The number of ether oxygens (including phenoxy) is 7. The highest BCUT2D eigenvalue weighted by molar-refractivity contribution is 5.47. The summed E-state index contributed by atoms with van der Waals surface area (Å²) in [5.74, 6) is 0. The van der Waals surface area contributed by atoms with Crippen LogP contribution < -0.4 is 0 Å². The standard InChI is InChI=1S/C48H70O7/c1-3-5-7-9-11-13-24-32-52-42-47(54-33-25-14-12-10-8-6-4-2)43-53-39-38-50-35-34-49-36-37-51-40-41-55-48(44-26-18-15-19-27-44,45-28-20-16-21-29-45)46-30-22-17-23-31-46/h3-4,15-23,26-31,47H,1-2,5-14,24-25,32-43H2. The van der Waals surface area contributed by atoms with Gasteiger partial charge in [0.05, 0.1) is 66.1 Å². The van der Waals surface area contributed by atoms with Gasteiger partial charge in [0.25, 0.3) is 0 Å². The molecule has 0 radical (unpaired) electrons. The minimum Gasteiger partial charge on any atom is -0.379 e. The Kier molecular flexibility index (Phi) is 26.9. The number of rotatable bonds is 37. The summed E-state index contributed by atoms with van der Waals surface area (Å²) in [7, 11) is 0. The van der Waals surface area contributed by atoms with Gasteiger partial charge in [0, 0.05) is 13.2 Å². The lowest BCUT2D eigenvalue weighted by molar-refractivity contribution is -0.0704. The summed E-state index contributed by atoms with van der Waals surface area (Å²) in [5.41, 5.74) is 2.48. The maximum atomic E-state index is 6.77. The van der Waals surface area contributed by atoms with Gasteiger partial charge in [-0.1, -0.05) is 142 Å². The van der Waals surface area contributed by atoms with Gasteiger partial charge in [-0.2, -0.15) is 0 Å². The number of benzene rings is 3. The van der Waals surface area contributed by atoms with Crippen molar-refractivity contribution < 1.29 is 33.2 Å². The molecule has 7 nitrogen and oxygen atoms in total. The van der Waals surface area contributed by atoms with Gasteiger partial charge in [-0.15, -0.1) is 13.2 Å². The molecule has 3 aromatic rings. The van der Waals surface area contributed by atoms with Crippen molar-refractivity contribution >= 4 is 0 Å². The lowest BCUT2D eigenvalue weighted by Crippen LogP contribution is -2.34. The van der Waals surface area contributed by atoms with Crippen molar-refractivity contribution in [1.82, 2.24) is 0 Å². The van der Waals surface area contributed by atoms with E-state index in [0.29, 0.717) is 66.1 Å². The maximum Gasteiger partial charge on any atom is 0.143 e. The van der Waals surface area contributed by atoms with Crippen LogP contribution in [0.2, 0.25) is 0 Å². The van der Waals surface area contributed by atoms with E-state index < -0.39 is 5.60 Å². The Morgan fingerprint density at radius 2 is 0.764 bits per heavy atom. The van der Waals surface area contributed by atoms with E-state index in [2.05, 4.69) is 86.0 Å². The van der Waals surface area contributed by atoms with Crippen LogP contribution in [-0.4, -0.2) is 85.4 Å². The average molecular weight is 759 g/mol. The van der Waals surface area contributed by atoms with Gasteiger partial charge in [0.15, 0.2) is 0 Å². The van der Waals surface area contributed by atoms with Crippen molar-refractivity contribution in [1.29, 1.82) is 0 Å². The fourth-order valence-electron chi connectivity index (χ4n) is 6.45. The molecule has 3 aromatic carbocycles. The second kappa shape index (κ2) is 32.0. The van der Waals surface area contributed by atoms with Crippen LogP contribution in [0.5, 0.6) is 0 Å². The molecule has 0 heterocycles. The molecule has 0 aliphatic carbocycles. The van der Waals surface area contributed by atoms with Crippen LogP contribution in [-0.2, 0) is 38.8 Å². The summed E-state index contributed by atoms with van der Waals surface area (Å²) in [5, 5.41) is 0. The first kappa shape index (κ1) is 46.2. The SMILES string of the molecule is C=CCCCCCCCOCC(COCCOCCOCCOCCOC(c1ccccc1)(c1ccccc1)c1ccccc1)OCCCCCCCC=C. The van der Waals surface area contributed by atoms with Crippen molar-refractivity contribution in [2.24, 2.45) is 0 Å². The Bertz CT molecular complexity index is 1210. The largest absolute Gasteiger partial charge is 0.379 e. The quantitative estimate of drug-likeness (QED) is 0.0330. The summed E-state index contributed by atoms with van der Waals surface area (Å²) in [6.07, 6.45) is 18.2. The molecule has 1 atom stereocenters. The molecular weight excluding hydrogens is 689 g/mol. The second-order valence-electron chi connectivity index (χ2n) is 13.8. The predicted molar refractivity (Wildman–Crippen MR) is 225 cm³/mol. The van der Waals surface area contributed by atoms with Crippen molar-refractivity contribution in [2.45, 2.75) is 88.8 Å². The number of hydrogen-bond acceptors (Lipinski definition) is 7. The molecule has 0 saturated heterocycles. The van der Waals surface area contributed by atoms with Crippen molar-refractivity contribution in [2.75, 3.05) is 79.3 Å². The molecule has 0 aliphatic rings. The van der Waals surface area contributed by atoms with Crippen molar-refractivity contribution in [3.05, 3.63) is 133 Å². The summed E-state index contributed by atoms with van der Waals surface area (Å²) in [6, 6.07) is 31.2. The molecular formula is C48H70O7. The molecule has 0 amide bonds. The molecule has 7 heteroatoms. The Labute approximate surface area is 333 Å². The van der Waals surface area contributed by atoms with E-state index in [9.17, 15) is 0 Å². The highest BCUT2D eigenvalue weighted by Gasteiger charge is 2.37. The minimum atomic E-state index is -0.748. The highest BCUT2D eigenvalue weighted by Crippen LogP contribution is 2.40. The van der Waals surface area contributed by atoms with Gasteiger partial charge >= 0.3 is 0 Å². The maximum absolute atomic E-state index is 6.77. The zero-order chi connectivity index (χ0) is 38.8. The summed E-state index contributed by atoms with van der Waals surface area (Å²) >= 11 is 0. The molecule has 0 saturated carbocycles. The fourth-order valence-corrected chi connectivity index (χ4v) is 6.45. The van der Waals surface area contributed by atoms with E-state index in [1.54, 1.807) is 0 Å². The fraction of sp³-hybridized carbons (Fsp3) is 0.542. The number of hydrogen-bond donors (Lipinski definition) is 0. The molecule has 0 N–H and O–H groups in total. The van der Waals surface area contributed by atoms with Gasteiger partial charge in [-0.25, -0.2) is 0 Å². The summed E-state index contributed by atoms with van der Waals surface area (Å²) in [6.45, 7) is 14.0. The van der Waals surface area contributed by atoms with Gasteiger partial charge in [-0.3, -0.25) is 0 Å². The van der Waals surface area contributed by atoms with Crippen molar-refractivity contribution in [3.8, 4) is 0 Å². The van der Waals surface area contributed by atoms with Crippen molar-refractivity contribution in [3.63, 3.8) is 0 Å². The van der Waals surface area contributed by atoms with Gasteiger partial charge < -0.3 is 33.2 Å². The van der Waals surface area contributed by atoms with E-state index in [1.807, 2.05) is 30.4 Å².